The van der Waals surface area contributed by atoms with Crippen molar-refractivity contribution in [2.45, 2.75) is 12.8 Å². The molecule has 1 nitrogen and oxygen atoms in total. The van der Waals surface area contributed by atoms with E-state index >= 15 is 0 Å². The lowest BCUT2D eigenvalue weighted by molar-refractivity contribution is 0.895. The molecule has 2 rings (SSSR count). The lowest BCUT2D eigenvalue weighted by Gasteiger charge is -2.09. The third kappa shape index (κ3) is 0.956. The number of allylic oxidation sites excluding steroid dienone is 2. The van der Waals surface area contributed by atoms with Gasteiger partial charge < -0.3 is 5.32 Å². The molecule has 1 aliphatic carbocycles. The fourth-order valence-corrected chi connectivity index (χ4v) is 2.16. The molecule has 0 unspecified atom stereocenters. The number of hydrogen-bond acceptors (Lipinski definition) is 1. The third-order valence-electron chi connectivity index (χ3n) is 2.09. The van der Waals surface area contributed by atoms with Gasteiger partial charge in [-0.3, -0.25) is 0 Å². The summed E-state index contributed by atoms with van der Waals surface area (Å²) >= 11 is 3.59. The maximum absolute atomic E-state index is 3.59. The van der Waals surface area contributed by atoms with Crippen LogP contribution in [0.5, 0.6) is 0 Å². The summed E-state index contributed by atoms with van der Waals surface area (Å²) in [4.78, 5) is 0. The van der Waals surface area contributed by atoms with E-state index < -0.39 is 0 Å². The highest BCUT2D eigenvalue weighted by atomic mass is 79.9. The molecule has 0 aromatic carbocycles. The molecule has 1 N–H and O–H groups in total. The largest absolute Gasteiger partial charge is 0.309 e. The van der Waals surface area contributed by atoms with Gasteiger partial charge in [0.25, 0.3) is 0 Å². The lowest BCUT2D eigenvalue weighted by atomic mass is 10.0. The van der Waals surface area contributed by atoms with E-state index in [1.54, 1.807) is 0 Å². The van der Waals surface area contributed by atoms with Crippen LogP contribution in [-0.2, 0) is 0 Å². The van der Waals surface area contributed by atoms with Crippen LogP contribution in [-0.4, -0.2) is 13.1 Å². The van der Waals surface area contributed by atoms with Crippen LogP contribution in [0.2, 0.25) is 0 Å². The van der Waals surface area contributed by atoms with Crippen LogP contribution in [0, 0.1) is 0 Å². The van der Waals surface area contributed by atoms with Crippen molar-refractivity contribution in [1.29, 1.82) is 0 Å². The molecule has 1 fully saturated rings. The lowest BCUT2D eigenvalue weighted by Crippen LogP contribution is -2.05. The molecule has 0 spiro atoms. The summed E-state index contributed by atoms with van der Waals surface area (Å²) in [5, 5.41) is 3.34. The van der Waals surface area contributed by atoms with Crippen molar-refractivity contribution in [1.82, 2.24) is 5.32 Å². The maximum Gasteiger partial charge on any atom is 0.0219 e. The summed E-state index contributed by atoms with van der Waals surface area (Å²) in [7, 11) is 0. The molecule has 54 valence electrons. The topological polar surface area (TPSA) is 12.0 Å². The smallest absolute Gasteiger partial charge is 0.0219 e. The van der Waals surface area contributed by atoms with Crippen molar-refractivity contribution in [3.8, 4) is 0 Å². The van der Waals surface area contributed by atoms with Gasteiger partial charge in [-0.25, -0.2) is 0 Å². The highest BCUT2D eigenvalue weighted by molar-refractivity contribution is 9.11. The number of halogens is 1. The summed E-state index contributed by atoms with van der Waals surface area (Å²) in [6.45, 7) is 2.14. The highest BCUT2D eigenvalue weighted by Gasteiger charge is 2.18. The molecule has 0 saturated carbocycles. The predicted octanol–water partition coefficient (Wildman–Crippen LogP) is 1.96. The van der Waals surface area contributed by atoms with Crippen molar-refractivity contribution in [3.63, 3.8) is 0 Å². The van der Waals surface area contributed by atoms with Gasteiger partial charge in [-0.15, -0.1) is 0 Å². The second kappa shape index (κ2) is 2.51. The molecule has 2 aliphatic rings. The van der Waals surface area contributed by atoms with Crippen LogP contribution in [0.3, 0.4) is 0 Å². The first-order valence-corrected chi connectivity index (χ1v) is 4.45. The SMILES string of the molecule is BrC1=C2CNCC2=CCC1. The molecule has 0 aromatic rings. The Bertz CT molecular complexity index is 210. The first-order chi connectivity index (χ1) is 4.88. The minimum atomic E-state index is 1.06. The zero-order valence-electron chi connectivity index (χ0n) is 5.78. The first kappa shape index (κ1) is 6.62. The van der Waals surface area contributed by atoms with Crippen LogP contribution in [0.4, 0.5) is 0 Å². The summed E-state index contributed by atoms with van der Waals surface area (Å²) in [6.07, 6.45) is 4.75. The Morgan fingerprint density at radius 2 is 2.30 bits per heavy atom. The van der Waals surface area contributed by atoms with E-state index in [2.05, 4.69) is 27.3 Å². The van der Waals surface area contributed by atoms with Gasteiger partial charge in [0.05, 0.1) is 0 Å². The number of fused-ring (bicyclic) bond motifs is 1. The molecular weight excluding hydrogens is 190 g/mol. The van der Waals surface area contributed by atoms with Crippen LogP contribution < -0.4 is 5.32 Å². The van der Waals surface area contributed by atoms with E-state index in [4.69, 9.17) is 0 Å². The van der Waals surface area contributed by atoms with Crippen LogP contribution in [0.15, 0.2) is 21.7 Å². The molecule has 0 atom stereocenters. The second-order valence-corrected chi connectivity index (χ2v) is 3.71. The maximum atomic E-state index is 3.59. The van der Waals surface area contributed by atoms with Crippen molar-refractivity contribution in [3.05, 3.63) is 21.7 Å². The van der Waals surface area contributed by atoms with Crippen molar-refractivity contribution in [2.75, 3.05) is 13.1 Å². The van der Waals surface area contributed by atoms with Crippen LogP contribution in [0.1, 0.15) is 12.8 Å². The second-order valence-electron chi connectivity index (χ2n) is 2.76. The molecule has 1 heterocycles. The van der Waals surface area contributed by atoms with Gasteiger partial charge in [0.2, 0.25) is 0 Å². The summed E-state index contributed by atoms with van der Waals surface area (Å²) in [5.74, 6) is 0. The van der Waals surface area contributed by atoms with E-state index in [-0.39, 0.29) is 0 Å². The van der Waals surface area contributed by atoms with E-state index in [0.717, 1.165) is 13.1 Å². The number of nitrogens with one attached hydrogen (secondary N) is 1. The molecule has 0 amide bonds. The minimum Gasteiger partial charge on any atom is -0.309 e. The highest BCUT2D eigenvalue weighted by Crippen LogP contribution is 2.30. The van der Waals surface area contributed by atoms with Gasteiger partial charge in [-0.2, -0.15) is 0 Å². The predicted molar refractivity (Wildman–Crippen MR) is 46.1 cm³/mol. The van der Waals surface area contributed by atoms with Gasteiger partial charge >= 0.3 is 0 Å². The third-order valence-corrected chi connectivity index (χ3v) is 2.96. The normalized spacial score (nSPS) is 24.7. The fraction of sp³-hybridized carbons (Fsp3) is 0.500. The molecule has 2 heteroatoms. The van der Waals surface area contributed by atoms with Crippen LogP contribution >= 0.6 is 15.9 Å². The summed E-state index contributed by atoms with van der Waals surface area (Å²) < 4.78 is 1.41. The van der Waals surface area contributed by atoms with Gasteiger partial charge in [0.1, 0.15) is 0 Å². The van der Waals surface area contributed by atoms with E-state index in [1.165, 1.54) is 28.5 Å². The number of hydrogen-bond donors (Lipinski definition) is 1. The zero-order chi connectivity index (χ0) is 6.97. The Morgan fingerprint density at radius 3 is 3.10 bits per heavy atom. The molecule has 1 saturated heterocycles. The van der Waals surface area contributed by atoms with Crippen molar-refractivity contribution in [2.24, 2.45) is 0 Å². The Morgan fingerprint density at radius 1 is 1.40 bits per heavy atom. The van der Waals surface area contributed by atoms with Gasteiger partial charge in [-0.05, 0) is 24.0 Å². The molecule has 0 bridgehead atoms. The molecule has 10 heavy (non-hydrogen) atoms. The van der Waals surface area contributed by atoms with Crippen molar-refractivity contribution < 1.29 is 0 Å². The molecule has 1 aliphatic heterocycles. The minimum absolute atomic E-state index is 1.06. The Kier molecular flexibility index (Phi) is 1.66. The Labute approximate surface area is 69.3 Å². The van der Waals surface area contributed by atoms with Gasteiger partial charge in [0, 0.05) is 17.6 Å². The Hall–Kier alpha value is -0.0800. The average Bonchev–Trinajstić information content (AvgIpc) is 2.36. The summed E-state index contributed by atoms with van der Waals surface area (Å²) in [5.41, 5.74) is 3.02. The fourth-order valence-electron chi connectivity index (χ4n) is 1.53. The van der Waals surface area contributed by atoms with E-state index in [0.29, 0.717) is 0 Å². The number of rotatable bonds is 0. The van der Waals surface area contributed by atoms with Gasteiger partial charge in [0.15, 0.2) is 0 Å². The molecular formula is C8H10BrN. The van der Waals surface area contributed by atoms with Crippen molar-refractivity contribution >= 4 is 15.9 Å². The standard InChI is InChI=1S/C8H10BrN/c9-8-3-1-2-6-4-10-5-7(6)8/h2,10H,1,3-5H2. The summed E-state index contributed by atoms with van der Waals surface area (Å²) in [6, 6.07) is 0. The first-order valence-electron chi connectivity index (χ1n) is 3.65. The van der Waals surface area contributed by atoms with Gasteiger partial charge in [-0.1, -0.05) is 22.0 Å². The van der Waals surface area contributed by atoms with E-state index in [9.17, 15) is 0 Å². The molecule has 0 radical (unpaired) electrons. The van der Waals surface area contributed by atoms with E-state index in [1.807, 2.05) is 0 Å². The monoisotopic (exact) mass is 199 g/mol. The zero-order valence-corrected chi connectivity index (χ0v) is 7.37. The quantitative estimate of drug-likeness (QED) is 0.630. The molecule has 0 aromatic heterocycles. The Balaban J connectivity index is 2.38. The van der Waals surface area contributed by atoms with Crippen LogP contribution in [0.25, 0.3) is 0 Å². The average molecular weight is 200 g/mol.